The highest BCUT2D eigenvalue weighted by atomic mass is 35.5. The van der Waals surface area contributed by atoms with E-state index in [1.54, 1.807) is 12.3 Å². The van der Waals surface area contributed by atoms with E-state index in [9.17, 15) is 4.79 Å². The van der Waals surface area contributed by atoms with E-state index in [2.05, 4.69) is 21.9 Å². The molecule has 0 spiro atoms. The molecular formula is C17H14ClN3O. The molecule has 5 heteroatoms. The number of carbonyl (C=O) groups excluding carboxylic acids is 1. The van der Waals surface area contributed by atoms with Gasteiger partial charge in [0.15, 0.2) is 0 Å². The number of rotatable bonds is 3. The summed E-state index contributed by atoms with van der Waals surface area (Å²) in [5, 5.41) is 4.32. The molecule has 2 N–H and O–H groups in total. The van der Waals surface area contributed by atoms with Crippen LogP contribution >= 0.6 is 11.6 Å². The first-order valence-corrected chi connectivity index (χ1v) is 7.14. The van der Waals surface area contributed by atoms with E-state index < -0.39 is 0 Å². The highest BCUT2D eigenvalue weighted by molar-refractivity contribution is 6.36. The molecule has 3 aromatic rings. The van der Waals surface area contributed by atoms with Crippen molar-refractivity contribution in [1.29, 1.82) is 0 Å². The van der Waals surface area contributed by atoms with E-state index in [1.165, 1.54) is 6.08 Å². The smallest absolute Gasteiger partial charge is 0.247 e. The zero-order valence-electron chi connectivity index (χ0n) is 12.0. The highest BCUT2D eigenvalue weighted by Gasteiger charge is 2.12. The lowest BCUT2D eigenvalue weighted by atomic mass is 10.0. The molecule has 1 amide bonds. The van der Waals surface area contributed by atoms with E-state index in [0.29, 0.717) is 5.02 Å². The Bertz CT molecular complexity index is 883. The summed E-state index contributed by atoms with van der Waals surface area (Å²) in [5.74, 6) is -0.237. The number of halogens is 1. The van der Waals surface area contributed by atoms with Crippen molar-refractivity contribution in [2.45, 2.75) is 6.92 Å². The number of amides is 1. The maximum absolute atomic E-state index is 11.5. The number of anilines is 1. The predicted molar refractivity (Wildman–Crippen MR) is 90.1 cm³/mol. The minimum atomic E-state index is -0.237. The van der Waals surface area contributed by atoms with Crippen LogP contribution in [0.3, 0.4) is 0 Å². The van der Waals surface area contributed by atoms with Gasteiger partial charge in [0.25, 0.3) is 0 Å². The fourth-order valence-electron chi connectivity index (χ4n) is 2.35. The van der Waals surface area contributed by atoms with Gasteiger partial charge in [0, 0.05) is 29.0 Å². The molecule has 0 aliphatic heterocycles. The van der Waals surface area contributed by atoms with Crippen LogP contribution in [0.4, 0.5) is 5.69 Å². The monoisotopic (exact) mass is 311 g/mol. The van der Waals surface area contributed by atoms with Gasteiger partial charge in [0.05, 0.1) is 5.02 Å². The summed E-state index contributed by atoms with van der Waals surface area (Å²) in [4.78, 5) is 18.9. The number of H-pyrrole nitrogens is 1. The zero-order chi connectivity index (χ0) is 15.7. The minimum absolute atomic E-state index is 0.237. The molecule has 2 aromatic heterocycles. The molecule has 0 unspecified atom stereocenters. The van der Waals surface area contributed by atoms with Crippen molar-refractivity contribution in [2.24, 2.45) is 0 Å². The number of nitrogens with one attached hydrogen (secondary N) is 2. The van der Waals surface area contributed by atoms with Crippen LogP contribution in [0.2, 0.25) is 5.02 Å². The first kappa shape index (κ1) is 14.4. The Morgan fingerprint density at radius 2 is 2.23 bits per heavy atom. The van der Waals surface area contributed by atoms with Gasteiger partial charge in [-0.25, -0.2) is 4.98 Å². The van der Waals surface area contributed by atoms with Gasteiger partial charge in [-0.3, -0.25) is 4.79 Å². The van der Waals surface area contributed by atoms with Crippen LogP contribution in [0, 0.1) is 6.92 Å². The third-order valence-electron chi connectivity index (χ3n) is 3.51. The van der Waals surface area contributed by atoms with Crippen molar-refractivity contribution >= 4 is 34.2 Å². The van der Waals surface area contributed by atoms with Crippen LogP contribution < -0.4 is 5.32 Å². The Morgan fingerprint density at radius 1 is 1.41 bits per heavy atom. The van der Waals surface area contributed by atoms with Gasteiger partial charge < -0.3 is 10.3 Å². The Hall–Kier alpha value is -2.59. The van der Waals surface area contributed by atoms with Gasteiger partial charge in [-0.1, -0.05) is 30.3 Å². The van der Waals surface area contributed by atoms with Crippen LogP contribution in [0.25, 0.3) is 22.2 Å². The molecule has 2 heterocycles. The number of pyridine rings is 1. The topological polar surface area (TPSA) is 57.8 Å². The number of fused-ring (bicyclic) bond motifs is 1. The fourth-order valence-corrected chi connectivity index (χ4v) is 2.60. The summed E-state index contributed by atoms with van der Waals surface area (Å²) in [5.41, 5.74) is 4.35. The first-order valence-electron chi connectivity index (χ1n) is 6.76. The van der Waals surface area contributed by atoms with Crippen molar-refractivity contribution in [3.63, 3.8) is 0 Å². The zero-order valence-corrected chi connectivity index (χ0v) is 12.7. The summed E-state index contributed by atoms with van der Waals surface area (Å²) >= 11 is 6.29. The molecule has 4 nitrogen and oxygen atoms in total. The maximum Gasteiger partial charge on any atom is 0.247 e. The molecule has 0 fully saturated rings. The minimum Gasteiger partial charge on any atom is -0.345 e. The number of hydrogen-bond donors (Lipinski definition) is 2. The molecule has 0 atom stereocenters. The SMILES string of the molecule is C=CC(=O)Nc1cc(-c2c[nH]c3nccc(Cl)c23)ccc1C. The van der Waals surface area contributed by atoms with Crippen LogP contribution in [0.5, 0.6) is 0 Å². The summed E-state index contributed by atoms with van der Waals surface area (Å²) < 4.78 is 0. The fraction of sp³-hybridized carbons (Fsp3) is 0.0588. The average Bonchev–Trinajstić information content (AvgIpc) is 2.95. The number of benzene rings is 1. The van der Waals surface area contributed by atoms with Gasteiger partial charge in [0.2, 0.25) is 5.91 Å². The lowest BCUT2D eigenvalue weighted by molar-refractivity contribution is -0.111. The van der Waals surface area contributed by atoms with Gasteiger partial charge in [-0.2, -0.15) is 0 Å². The molecule has 110 valence electrons. The van der Waals surface area contributed by atoms with E-state index in [0.717, 1.165) is 33.4 Å². The number of aryl methyl sites for hydroxylation is 1. The molecule has 1 aromatic carbocycles. The van der Waals surface area contributed by atoms with E-state index in [4.69, 9.17) is 11.6 Å². The Balaban J connectivity index is 2.13. The second-order valence-electron chi connectivity index (χ2n) is 4.94. The third-order valence-corrected chi connectivity index (χ3v) is 3.83. The standard InChI is InChI=1S/C17H14ClN3O/c1-3-15(22)21-14-8-11(5-4-10(14)2)12-9-20-17-16(12)13(18)6-7-19-17/h3-9H,1H2,2H3,(H,19,20)(H,21,22). The molecule has 0 bridgehead atoms. The number of hydrogen-bond acceptors (Lipinski definition) is 2. The maximum atomic E-state index is 11.5. The quantitative estimate of drug-likeness (QED) is 0.708. The molecule has 0 radical (unpaired) electrons. The molecule has 0 saturated heterocycles. The normalized spacial score (nSPS) is 10.6. The van der Waals surface area contributed by atoms with E-state index in [-0.39, 0.29) is 5.91 Å². The lowest BCUT2D eigenvalue weighted by Crippen LogP contribution is -2.08. The van der Waals surface area contributed by atoms with Gasteiger partial charge in [-0.05, 0) is 36.3 Å². The van der Waals surface area contributed by atoms with Crippen LogP contribution in [0.15, 0.2) is 49.3 Å². The van der Waals surface area contributed by atoms with Crippen LogP contribution in [-0.2, 0) is 4.79 Å². The highest BCUT2D eigenvalue weighted by Crippen LogP contribution is 2.34. The third kappa shape index (κ3) is 2.49. The summed E-state index contributed by atoms with van der Waals surface area (Å²) in [6.07, 6.45) is 4.78. The summed E-state index contributed by atoms with van der Waals surface area (Å²) in [6, 6.07) is 7.63. The Kier molecular flexibility index (Phi) is 3.69. The van der Waals surface area contributed by atoms with Gasteiger partial charge in [-0.15, -0.1) is 0 Å². The predicted octanol–water partition coefficient (Wildman–Crippen LogP) is 4.32. The molecular weight excluding hydrogens is 298 g/mol. The Labute approximate surface area is 132 Å². The van der Waals surface area contributed by atoms with Crippen molar-refractivity contribution in [1.82, 2.24) is 9.97 Å². The van der Waals surface area contributed by atoms with Crippen molar-refractivity contribution in [2.75, 3.05) is 5.32 Å². The second kappa shape index (κ2) is 5.66. The van der Waals surface area contributed by atoms with Crippen LogP contribution in [-0.4, -0.2) is 15.9 Å². The second-order valence-corrected chi connectivity index (χ2v) is 5.35. The van der Waals surface area contributed by atoms with E-state index >= 15 is 0 Å². The summed E-state index contributed by atoms with van der Waals surface area (Å²) in [6.45, 7) is 5.41. The van der Waals surface area contributed by atoms with Gasteiger partial charge >= 0.3 is 0 Å². The lowest BCUT2D eigenvalue weighted by Gasteiger charge is -2.09. The first-order chi connectivity index (χ1) is 10.6. The molecule has 0 saturated carbocycles. The van der Waals surface area contributed by atoms with Crippen LogP contribution in [0.1, 0.15) is 5.56 Å². The number of carbonyl (C=O) groups is 1. The number of nitrogens with zero attached hydrogens (tertiary/aromatic N) is 1. The van der Waals surface area contributed by atoms with Crippen molar-refractivity contribution in [3.8, 4) is 11.1 Å². The number of aromatic nitrogens is 2. The van der Waals surface area contributed by atoms with Crippen molar-refractivity contribution < 1.29 is 4.79 Å². The molecule has 0 aliphatic rings. The van der Waals surface area contributed by atoms with E-state index in [1.807, 2.05) is 31.3 Å². The average molecular weight is 312 g/mol. The largest absolute Gasteiger partial charge is 0.345 e. The molecule has 0 aliphatic carbocycles. The van der Waals surface area contributed by atoms with Crippen molar-refractivity contribution in [3.05, 3.63) is 59.9 Å². The number of aromatic amines is 1. The van der Waals surface area contributed by atoms with Gasteiger partial charge in [0.1, 0.15) is 5.65 Å². The molecule has 22 heavy (non-hydrogen) atoms. The Morgan fingerprint density at radius 3 is 3.00 bits per heavy atom. The summed E-state index contributed by atoms with van der Waals surface area (Å²) in [7, 11) is 0. The molecule has 3 rings (SSSR count).